The summed E-state index contributed by atoms with van der Waals surface area (Å²) in [5, 5.41) is 9.64. The fourth-order valence-corrected chi connectivity index (χ4v) is 5.67. The lowest BCUT2D eigenvalue weighted by atomic mass is 10.1. The summed E-state index contributed by atoms with van der Waals surface area (Å²) in [6, 6.07) is 2.68. The van der Waals surface area contributed by atoms with Crippen molar-refractivity contribution in [3.63, 3.8) is 0 Å². The number of alkyl halides is 3. The number of anilines is 2. The lowest BCUT2D eigenvalue weighted by molar-refractivity contribution is -0.137. The molecule has 0 radical (unpaired) electrons. The standard InChI is InChI=1S/C29H31ClF3N7O4/c1-3-22-25(38-10-7-17(15-38)14-34-23(41)4-2)27(43)40-28(36-26(37-40)18-8-11-44-12-9-18)39(22)16-24(42)35-21-6-5-19(13-20(21)30)29(31,32)33/h4-6,8,13,17H,2-3,7,9-12,14-16H2,1H3,(H,34,41)(H,35,42). The van der Waals surface area contributed by atoms with Gasteiger partial charge in [-0.1, -0.05) is 31.2 Å². The largest absolute Gasteiger partial charge is 0.416 e. The number of ether oxygens (including phenoxy) is 1. The Balaban J connectivity index is 1.52. The molecular weight excluding hydrogens is 603 g/mol. The number of amides is 2. The van der Waals surface area contributed by atoms with Gasteiger partial charge in [-0.25, -0.2) is 0 Å². The summed E-state index contributed by atoms with van der Waals surface area (Å²) >= 11 is 6.08. The van der Waals surface area contributed by atoms with E-state index in [2.05, 4.69) is 27.3 Å². The minimum Gasteiger partial charge on any atom is -0.377 e. The quantitative estimate of drug-likeness (QED) is 0.345. The van der Waals surface area contributed by atoms with Crippen molar-refractivity contribution < 1.29 is 27.5 Å². The number of carbonyl (C=O) groups is 2. The Morgan fingerprint density at radius 1 is 1.30 bits per heavy atom. The van der Waals surface area contributed by atoms with Gasteiger partial charge in [0.25, 0.3) is 5.56 Å². The van der Waals surface area contributed by atoms with E-state index in [9.17, 15) is 27.6 Å². The third-order valence-corrected chi connectivity index (χ3v) is 7.95. The fourth-order valence-electron chi connectivity index (χ4n) is 5.44. The second-order valence-electron chi connectivity index (χ2n) is 10.5. The highest BCUT2D eigenvalue weighted by atomic mass is 35.5. The van der Waals surface area contributed by atoms with Gasteiger partial charge in [0.2, 0.25) is 17.6 Å². The summed E-state index contributed by atoms with van der Waals surface area (Å²) in [4.78, 5) is 45.6. The van der Waals surface area contributed by atoms with Crippen molar-refractivity contribution in [1.29, 1.82) is 0 Å². The van der Waals surface area contributed by atoms with E-state index in [4.69, 9.17) is 16.3 Å². The number of aromatic nitrogens is 4. The Kier molecular flexibility index (Phi) is 9.11. The molecule has 5 rings (SSSR count). The number of rotatable bonds is 9. The Labute approximate surface area is 255 Å². The average molecular weight is 634 g/mol. The van der Waals surface area contributed by atoms with E-state index in [0.29, 0.717) is 62.9 Å². The molecule has 234 valence electrons. The van der Waals surface area contributed by atoms with E-state index in [-0.39, 0.29) is 40.4 Å². The summed E-state index contributed by atoms with van der Waals surface area (Å²) in [5.74, 6) is -0.287. The third kappa shape index (κ3) is 6.50. The Bertz CT molecular complexity index is 1700. The minimum atomic E-state index is -4.59. The number of nitrogens with zero attached hydrogens (tertiary/aromatic N) is 5. The van der Waals surface area contributed by atoms with E-state index >= 15 is 0 Å². The molecule has 0 saturated carbocycles. The molecular formula is C29H31ClF3N7O4. The zero-order chi connectivity index (χ0) is 31.6. The van der Waals surface area contributed by atoms with Crippen LogP contribution in [0.5, 0.6) is 0 Å². The van der Waals surface area contributed by atoms with E-state index in [1.54, 1.807) is 4.57 Å². The molecule has 1 fully saturated rings. The fraction of sp³-hybridized carbons (Fsp3) is 0.414. The van der Waals surface area contributed by atoms with Crippen LogP contribution in [0.25, 0.3) is 11.4 Å². The Morgan fingerprint density at radius 2 is 2.09 bits per heavy atom. The normalized spacial score (nSPS) is 17.1. The van der Waals surface area contributed by atoms with Crippen LogP contribution in [0, 0.1) is 5.92 Å². The van der Waals surface area contributed by atoms with Crippen molar-refractivity contribution in [1.82, 2.24) is 24.5 Å². The Hall–Kier alpha value is -4.17. The molecule has 2 N–H and O–H groups in total. The maximum atomic E-state index is 14.0. The van der Waals surface area contributed by atoms with Gasteiger partial charge in [0, 0.05) is 19.6 Å². The first kappa shape index (κ1) is 31.3. The molecule has 3 aromatic rings. The highest BCUT2D eigenvalue weighted by Gasteiger charge is 2.32. The highest BCUT2D eigenvalue weighted by Crippen LogP contribution is 2.34. The SMILES string of the molecule is C=CC(=O)NCC1CCN(c2c(CC)n(CC(=O)Nc3ccc(C(F)(F)F)cc3Cl)c3nc(C4=CCOCC4)nn3c2=O)C1. The molecule has 2 aromatic heterocycles. The van der Waals surface area contributed by atoms with Crippen molar-refractivity contribution in [2.24, 2.45) is 5.92 Å². The molecule has 4 heterocycles. The number of carbonyl (C=O) groups excluding carboxylic acids is 2. The predicted octanol–water partition coefficient (Wildman–Crippen LogP) is 3.70. The molecule has 1 aromatic carbocycles. The molecule has 1 saturated heterocycles. The van der Waals surface area contributed by atoms with Crippen LogP contribution in [0.15, 0.2) is 41.7 Å². The topological polar surface area (TPSA) is 123 Å². The second kappa shape index (κ2) is 12.8. The molecule has 11 nitrogen and oxygen atoms in total. The van der Waals surface area contributed by atoms with Crippen molar-refractivity contribution in [2.75, 3.05) is 43.1 Å². The number of benzene rings is 1. The lowest BCUT2D eigenvalue weighted by Gasteiger charge is -2.24. The van der Waals surface area contributed by atoms with Crippen molar-refractivity contribution >= 4 is 46.1 Å². The molecule has 1 atom stereocenters. The maximum absolute atomic E-state index is 14.0. The molecule has 2 aliphatic heterocycles. The second-order valence-corrected chi connectivity index (χ2v) is 10.9. The van der Waals surface area contributed by atoms with E-state index in [0.717, 1.165) is 30.2 Å². The number of hydrogen-bond acceptors (Lipinski definition) is 7. The first-order valence-electron chi connectivity index (χ1n) is 14.1. The van der Waals surface area contributed by atoms with Gasteiger partial charge in [-0.3, -0.25) is 14.4 Å². The molecule has 2 aliphatic rings. The first-order valence-corrected chi connectivity index (χ1v) is 14.5. The summed E-state index contributed by atoms with van der Waals surface area (Å²) in [6.07, 6.45) is 0.0974. The van der Waals surface area contributed by atoms with Gasteiger partial charge in [-0.05, 0) is 55.0 Å². The number of halogens is 4. The number of nitrogens with one attached hydrogen (secondary N) is 2. The third-order valence-electron chi connectivity index (χ3n) is 7.64. The molecule has 0 spiro atoms. The van der Waals surface area contributed by atoms with Crippen LogP contribution in [0.1, 0.15) is 36.8 Å². The summed E-state index contributed by atoms with van der Waals surface area (Å²) in [5.41, 5.74) is 0.416. The smallest absolute Gasteiger partial charge is 0.377 e. The van der Waals surface area contributed by atoms with Crippen LogP contribution in [-0.2, 0) is 33.5 Å². The minimum absolute atomic E-state index is 0.0125. The summed E-state index contributed by atoms with van der Waals surface area (Å²) < 4.78 is 47.5. The van der Waals surface area contributed by atoms with Crippen molar-refractivity contribution in [2.45, 2.75) is 38.9 Å². The van der Waals surface area contributed by atoms with Gasteiger partial charge in [0.1, 0.15) is 12.2 Å². The lowest BCUT2D eigenvalue weighted by Crippen LogP contribution is -2.36. The van der Waals surface area contributed by atoms with Crippen LogP contribution in [0.3, 0.4) is 0 Å². The molecule has 0 bridgehead atoms. The number of hydrogen-bond donors (Lipinski definition) is 2. The predicted molar refractivity (Wildman–Crippen MR) is 159 cm³/mol. The zero-order valence-electron chi connectivity index (χ0n) is 23.9. The van der Waals surface area contributed by atoms with Gasteiger partial charge in [0.05, 0.1) is 35.2 Å². The van der Waals surface area contributed by atoms with Gasteiger partial charge >= 0.3 is 6.18 Å². The van der Waals surface area contributed by atoms with Crippen molar-refractivity contribution in [3.8, 4) is 0 Å². The molecule has 2 amide bonds. The summed E-state index contributed by atoms with van der Waals surface area (Å²) in [6.45, 7) is 7.31. The van der Waals surface area contributed by atoms with E-state index < -0.39 is 17.6 Å². The molecule has 15 heteroatoms. The van der Waals surface area contributed by atoms with Crippen LogP contribution in [-0.4, -0.2) is 63.8 Å². The van der Waals surface area contributed by atoms with Crippen LogP contribution >= 0.6 is 11.6 Å². The van der Waals surface area contributed by atoms with E-state index in [1.807, 2.05) is 17.9 Å². The summed E-state index contributed by atoms with van der Waals surface area (Å²) in [7, 11) is 0. The molecule has 44 heavy (non-hydrogen) atoms. The average Bonchev–Trinajstić information content (AvgIpc) is 3.66. The monoisotopic (exact) mass is 633 g/mol. The zero-order valence-corrected chi connectivity index (χ0v) is 24.7. The van der Waals surface area contributed by atoms with Gasteiger partial charge in [-0.15, -0.1) is 5.10 Å². The highest BCUT2D eigenvalue weighted by molar-refractivity contribution is 6.33. The molecule has 1 unspecified atom stereocenters. The number of fused-ring (bicyclic) bond motifs is 1. The molecule has 0 aliphatic carbocycles. The maximum Gasteiger partial charge on any atom is 0.416 e. The Morgan fingerprint density at radius 3 is 2.75 bits per heavy atom. The van der Waals surface area contributed by atoms with Gasteiger partial charge < -0.3 is 24.8 Å². The van der Waals surface area contributed by atoms with Crippen LogP contribution in [0.2, 0.25) is 5.02 Å². The first-order chi connectivity index (χ1) is 21.0. The van der Waals surface area contributed by atoms with Gasteiger partial charge in [-0.2, -0.15) is 22.7 Å². The van der Waals surface area contributed by atoms with E-state index in [1.165, 1.54) is 10.6 Å². The van der Waals surface area contributed by atoms with Crippen LogP contribution < -0.4 is 21.1 Å². The van der Waals surface area contributed by atoms with Crippen LogP contribution in [0.4, 0.5) is 24.5 Å². The van der Waals surface area contributed by atoms with Gasteiger partial charge in [0.15, 0.2) is 5.82 Å². The van der Waals surface area contributed by atoms with Crippen molar-refractivity contribution in [3.05, 3.63) is 69.4 Å².